The van der Waals surface area contributed by atoms with Crippen LogP contribution in [0.25, 0.3) is 0 Å². The van der Waals surface area contributed by atoms with E-state index < -0.39 is 0 Å². The van der Waals surface area contributed by atoms with Crippen molar-refractivity contribution in [3.05, 3.63) is 0 Å². The van der Waals surface area contributed by atoms with Gasteiger partial charge in [-0.05, 0) is 30.9 Å². The van der Waals surface area contributed by atoms with Gasteiger partial charge in [-0.2, -0.15) is 11.8 Å². The molecule has 1 heteroatoms. The largest absolute Gasteiger partial charge is 0.159 e. The Morgan fingerprint density at radius 3 is 2.45 bits per heavy atom. The molecule has 0 spiro atoms. The number of hydrogen-bond donors (Lipinski definition) is 0. The maximum Gasteiger partial charge on any atom is 0.00470 e. The van der Waals surface area contributed by atoms with Gasteiger partial charge in [0.25, 0.3) is 0 Å². The van der Waals surface area contributed by atoms with Crippen molar-refractivity contribution in [3.63, 3.8) is 0 Å². The molecule has 66 valence electrons. The molecule has 0 heterocycles. The van der Waals surface area contributed by atoms with Crippen LogP contribution in [-0.4, -0.2) is 11.0 Å². The first kappa shape index (κ1) is 9.44. The van der Waals surface area contributed by atoms with Crippen molar-refractivity contribution in [3.8, 4) is 0 Å². The van der Waals surface area contributed by atoms with Crippen molar-refractivity contribution in [2.45, 2.75) is 51.2 Å². The van der Waals surface area contributed by atoms with Crippen molar-refractivity contribution in [2.75, 3.05) is 5.75 Å². The average molecular weight is 172 g/mol. The van der Waals surface area contributed by atoms with Gasteiger partial charge < -0.3 is 0 Å². The van der Waals surface area contributed by atoms with E-state index in [4.69, 9.17) is 0 Å². The minimum absolute atomic E-state index is 0.893. The Morgan fingerprint density at radius 2 is 1.91 bits per heavy atom. The van der Waals surface area contributed by atoms with Gasteiger partial charge in [-0.25, -0.2) is 0 Å². The van der Waals surface area contributed by atoms with Crippen LogP contribution in [0.2, 0.25) is 0 Å². The van der Waals surface area contributed by atoms with Gasteiger partial charge in [-0.15, -0.1) is 0 Å². The summed E-state index contributed by atoms with van der Waals surface area (Å²) in [6, 6.07) is 0. The predicted molar refractivity (Wildman–Crippen MR) is 54.2 cm³/mol. The average Bonchev–Trinajstić information content (AvgIpc) is 2.39. The Balaban J connectivity index is 1.94. The first-order chi connectivity index (χ1) is 5.29. The minimum Gasteiger partial charge on any atom is -0.159 e. The molecule has 0 amide bonds. The van der Waals surface area contributed by atoms with Crippen molar-refractivity contribution in [2.24, 2.45) is 5.92 Å². The highest BCUT2D eigenvalue weighted by atomic mass is 32.2. The summed E-state index contributed by atoms with van der Waals surface area (Å²) in [6.45, 7) is 4.63. The second-order valence-electron chi connectivity index (χ2n) is 3.96. The fourth-order valence-corrected chi connectivity index (χ4v) is 3.13. The summed E-state index contributed by atoms with van der Waals surface area (Å²) in [6.07, 6.45) is 7.35. The van der Waals surface area contributed by atoms with Crippen molar-refractivity contribution < 1.29 is 0 Å². The van der Waals surface area contributed by atoms with Crippen LogP contribution in [0, 0.1) is 5.92 Å². The van der Waals surface area contributed by atoms with Crippen LogP contribution in [-0.2, 0) is 0 Å². The molecule has 0 atom stereocenters. The lowest BCUT2D eigenvalue weighted by atomic mass is 10.2. The molecule has 11 heavy (non-hydrogen) atoms. The van der Waals surface area contributed by atoms with E-state index >= 15 is 0 Å². The normalized spacial score (nSPS) is 19.9. The van der Waals surface area contributed by atoms with Gasteiger partial charge in [-0.3, -0.25) is 0 Å². The van der Waals surface area contributed by atoms with Gasteiger partial charge in [0.1, 0.15) is 0 Å². The summed E-state index contributed by atoms with van der Waals surface area (Å²) in [4.78, 5) is 0. The van der Waals surface area contributed by atoms with E-state index in [0.29, 0.717) is 0 Å². The van der Waals surface area contributed by atoms with Gasteiger partial charge >= 0.3 is 0 Å². The van der Waals surface area contributed by atoms with Crippen LogP contribution in [0.5, 0.6) is 0 Å². The third kappa shape index (κ3) is 4.05. The highest BCUT2D eigenvalue weighted by Gasteiger charge is 2.14. The smallest absolute Gasteiger partial charge is 0.00470 e. The molecule has 1 aliphatic carbocycles. The summed E-state index contributed by atoms with van der Waals surface area (Å²) >= 11 is 2.21. The van der Waals surface area contributed by atoms with Crippen LogP contribution in [0.1, 0.15) is 46.0 Å². The van der Waals surface area contributed by atoms with E-state index in [1.54, 1.807) is 0 Å². The maximum atomic E-state index is 2.31. The Kier molecular flexibility index (Phi) is 4.36. The zero-order valence-corrected chi connectivity index (χ0v) is 8.62. The van der Waals surface area contributed by atoms with Gasteiger partial charge in [-0.1, -0.05) is 26.7 Å². The molecule has 0 aromatic rings. The first-order valence-corrected chi connectivity index (χ1v) is 5.95. The molecule has 0 aliphatic heterocycles. The molecular formula is C10H20S. The molecule has 0 bridgehead atoms. The van der Waals surface area contributed by atoms with E-state index in [9.17, 15) is 0 Å². The first-order valence-electron chi connectivity index (χ1n) is 4.90. The van der Waals surface area contributed by atoms with Crippen molar-refractivity contribution in [1.29, 1.82) is 0 Å². The van der Waals surface area contributed by atoms with Crippen molar-refractivity contribution in [1.82, 2.24) is 0 Å². The molecule has 1 saturated carbocycles. The second-order valence-corrected chi connectivity index (χ2v) is 5.37. The van der Waals surface area contributed by atoms with E-state index in [1.807, 2.05) is 0 Å². The van der Waals surface area contributed by atoms with Crippen LogP contribution in [0.15, 0.2) is 0 Å². The van der Waals surface area contributed by atoms with Gasteiger partial charge in [0.2, 0.25) is 0 Å². The lowest BCUT2D eigenvalue weighted by molar-refractivity contribution is 0.631. The molecule has 1 rings (SSSR count). The molecule has 0 saturated heterocycles. The summed E-state index contributed by atoms with van der Waals surface area (Å²) in [5.74, 6) is 2.28. The topological polar surface area (TPSA) is 0 Å². The number of hydrogen-bond acceptors (Lipinski definition) is 1. The maximum absolute atomic E-state index is 2.31. The number of rotatable bonds is 4. The van der Waals surface area contributed by atoms with E-state index in [-0.39, 0.29) is 0 Å². The fraction of sp³-hybridized carbons (Fsp3) is 1.00. The molecule has 0 N–H and O–H groups in total. The fourth-order valence-electron chi connectivity index (χ4n) is 1.53. The van der Waals surface area contributed by atoms with Crippen LogP contribution < -0.4 is 0 Å². The standard InChI is InChI=1S/C10H20S/c1-9(2)7-8-11-10-5-3-4-6-10/h9-10H,3-8H2,1-2H3. The summed E-state index contributed by atoms with van der Waals surface area (Å²) in [5.41, 5.74) is 0. The quantitative estimate of drug-likeness (QED) is 0.623. The Hall–Kier alpha value is 0.350. The Bertz CT molecular complexity index is 93.0. The zero-order chi connectivity index (χ0) is 8.10. The van der Waals surface area contributed by atoms with Gasteiger partial charge in [0.05, 0.1) is 0 Å². The molecule has 0 radical (unpaired) electrons. The van der Waals surface area contributed by atoms with Gasteiger partial charge in [0.15, 0.2) is 0 Å². The van der Waals surface area contributed by atoms with E-state index in [0.717, 1.165) is 11.2 Å². The highest BCUT2D eigenvalue weighted by molar-refractivity contribution is 7.99. The zero-order valence-electron chi connectivity index (χ0n) is 7.81. The molecule has 0 nitrogen and oxygen atoms in total. The molecule has 1 aliphatic rings. The van der Waals surface area contributed by atoms with Crippen LogP contribution >= 0.6 is 11.8 Å². The van der Waals surface area contributed by atoms with E-state index in [1.165, 1.54) is 37.9 Å². The highest BCUT2D eigenvalue weighted by Crippen LogP contribution is 2.30. The monoisotopic (exact) mass is 172 g/mol. The molecule has 0 aromatic carbocycles. The lowest BCUT2D eigenvalue weighted by Crippen LogP contribution is -1.97. The predicted octanol–water partition coefficient (Wildman–Crippen LogP) is 3.71. The molecular weight excluding hydrogens is 152 g/mol. The molecule has 0 aromatic heterocycles. The van der Waals surface area contributed by atoms with Crippen LogP contribution in [0.4, 0.5) is 0 Å². The Morgan fingerprint density at radius 1 is 1.27 bits per heavy atom. The van der Waals surface area contributed by atoms with Gasteiger partial charge in [0, 0.05) is 5.25 Å². The Labute approximate surface area is 75.1 Å². The molecule has 0 unspecified atom stereocenters. The second kappa shape index (κ2) is 5.08. The molecule has 1 fully saturated rings. The third-order valence-electron chi connectivity index (χ3n) is 2.35. The van der Waals surface area contributed by atoms with E-state index in [2.05, 4.69) is 25.6 Å². The summed E-state index contributed by atoms with van der Waals surface area (Å²) in [7, 11) is 0. The lowest BCUT2D eigenvalue weighted by Gasteiger charge is -2.09. The summed E-state index contributed by atoms with van der Waals surface area (Å²) in [5, 5.41) is 1.02. The van der Waals surface area contributed by atoms with Crippen molar-refractivity contribution >= 4 is 11.8 Å². The SMILES string of the molecule is CC(C)CCSC1CCCC1. The number of thioether (sulfide) groups is 1. The minimum atomic E-state index is 0.893. The third-order valence-corrected chi connectivity index (χ3v) is 3.77. The summed E-state index contributed by atoms with van der Waals surface area (Å²) < 4.78 is 0. The van der Waals surface area contributed by atoms with Crippen LogP contribution in [0.3, 0.4) is 0 Å².